The third-order valence-electron chi connectivity index (χ3n) is 4.76. The van der Waals surface area contributed by atoms with Crippen molar-refractivity contribution in [2.45, 2.75) is 57.9 Å². The van der Waals surface area contributed by atoms with E-state index >= 15 is 0 Å². The van der Waals surface area contributed by atoms with Gasteiger partial charge >= 0.3 is 0 Å². The lowest BCUT2D eigenvalue weighted by Gasteiger charge is -2.25. The first-order valence-corrected chi connectivity index (χ1v) is 8.42. The molecule has 0 aromatic rings. The Morgan fingerprint density at radius 3 is 2.57 bits per heavy atom. The second-order valence-corrected chi connectivity index (χ2v) is 6.51. The minimum atomic E-state index is -0.338. The standard InChI is InChI=1S/C16H29N3O2/c1-12(20)19-15(14-6-2-3-7-14)16(21)18-10-8-13-5-4-9-17-11-13/h13-15,17H,2-11H2,1H3,(H,18,21)(H,19,20). The smallest absolute Gasteiger partial charge is 0.242 e. The van der Waals surface area contributed by atoms with E-state index < -0.39 is 0 Å². The number of hydrogen-bond donors (Lipinski definition) is 3. The largest absolute Gasteiger partial charge is 0.354 e. The molecule has 2 fully saturated rings. The van der Waals surface area contributed by atoms with E-state index in [9.17, 15) is 9.59 Å². The normalized spacial score (nSPS) is 24.5. The van der Waals surface area contributed by atoms with Gasteiger partial charge in [-0.15, -0.1) is 0 Å². The highest BCUT2D eigenvalue weighted by molar-refractivity contribution is 5.87. The number of carbonyl (C=O) groups excluding carboxylic acids is 2. The number of rotatable bonds is 6. The van der Waals surface area contributed by atoms with Gasteiger partial charge in [0.25, 0.3) is 0 Å². The van der Waals surface area contributed by atoms with Crippen LogP contribution in [0.1, 0.15) is 51.9 Å². The van der Waals surface area contributed by atoms with Gasteiger partial charge in [-0.05, 0) is 57.0 Å². The molecule has 5 nitrogen and oxygen atoms in total. The van der Waals surface area contributed by atoms with Crippen LogP contribution < -0.4 is 16.0 Å². The maximum Gasteiger partial charge on any atom is 0.242 e. The van der Waals surface area contributed by atoms with E-state index in [0.717, 1.165) is 32.4 Å². The lowest BCUT2D eigenvalue weighted by molar-refractivity contribution is -0.129. The zero-order chi connectivity index (χ0) is 15.1. The molecule has 3 N–H and O–H groups in total. The first kappa shape index (κ1) is 16.3. The molecule has 1 saturated heterocycles. The molecule has 1 aliphatic carbocycles. The van der Waals surface area contributed by atoms with Crippen molar-refractivity contribution in [2.24, 2.45) is 11.8 Å². The molecule has 2 aliphatic rings. The Morgan fingerprint density at radius 1 is 1.19 bits per heavy atom. The van der Waals surface area contributed by atoms with Crippen LogP contribution in [0, 0.1) is 11.8 Å². The molecule has 2 atom stereocenters. The van der Waals surface area contributed by atoms with E-state index in [2.05, 4.69) is 16.0 Å². The summed E-state index contributed by atoms with van der Waals surface area (Å²) in [5.74, 6) is 0.870. The van der Waals surface area contributed by atoms with E-state index in [1.807, 2.05) is 0 Å². The van der Waals surface area contributed by atoms with E-state index in [1.54, 1.807) is 0 Å². The number of nitrogens with one attached hydrogen (secondary N) is 3. The Hall–Kier alpha value is -1.10. The Bertz CT molecular complexity index is 347. The van der Waals surface area contributed by atoms with Crippen molar-refractivity contribution >= 4 is 11.8 Å². The average Bonchev–Trinajstić information content (AvgIpc) is 2.99. The van der Waals surface area contributed by atoms with Crippen LogP contribution in [0.25, 0.3) is 0 Å². The number of hydrogen-bond acceptors (Lipinski definition) is 3. The van der Waals surface area contributed by atoms with Gasteiger partial charge in [-0.3, -0.25) is 9.59 Å². The van der Waals surface area contributed by atoms with Gasteiger partial charge in [0.05, 0.1) is 0 Å². The maximum atomic E-state index is 12.4. The Morgan fingerprint density at radius 2 is 1.95 bits per heavy atom. The Balaban J connectivity index is 1.75. The summed E-state index contributed by atoms with van der Waals surface area (Å²) < 4.78 is 0. The third kappa shape index (κ3) is 5.30. The van der Waals surface area contributed by atoms with Crippen molar-refractivity contribution in [3.8, 4) is 0 Å². The molecule has 0 spiro atoms. The molecule has 2 unspecified atom stereocenters. The van der Waals surface area contributed by atoms with Crippen LogP contribution in [0.2, 0.25) is 0 Å². The molecular weight excluding hydrogens is 266 g/mol. The highest BCUT2D eigenvalue weighted by Crippen LogP contribution is 2.27. The van der Waals surface area contributed by atoms with Crippen molar-refractivity contribution in [3.05, 3.63) is 0 Å². The van der Waals surface area contributed by atoms with Gasteiger partial charge in [-0.1, -0.05) is 12.8 Å². The van der Waals surface area contributed by atoms with Crippen LogP contribution >= 0.6 is 0 Å². The molecule has 2 amide bonds. The fourth-order valence-corrected chi connectivity index (χ4v) is 3.59. The van der Waals surface area contributed by atoms with Crippen molar-refractivity contribution in [3.63, 3.8) is 0 Å². The molecule has 0 bridgehead atoms. The SMILES string of the molecule is CC(=O)NC(C(=O)NCCC1CCCNC1)C1CCCC1. The van der Waals surface area contributed by atoms with Gasteiger partial charge in [-0.25, -0.2) is 0 Å². The molecule has 21 heavy (non-hydrogen) atoms. The summed E-state index contributed by atoms with van der Waals surface area (Å²) in [7, 11) is 0. The zero-order valence-electron chi connectivity index (χ0n) is 13.1. The molecule has 1 aliphatic heterocycles. The summed E-state index contributed by atoms with van der Waals surface area (Å²) in [6.07, 6.45) is 7.94. The molecule has 5 heteroatoms. The molecule has 0 radical (unpaired) electrons. The number of piperidine rings is 1. The first-order chi connectivity index (χ1) is 10.2. The molecule has 2 rings (SSSR count). The van der Waals surface area contributed by atoms with Crippen molar-refractivity contribution in [2.75, 3.05) is 19.6 Å². The fourth-order valence-electron chi connectivity index (χ4n) is 3.59. The molecule has 0 aromatic heterocycles. The van der Waals surface area contributed by atoms with Gasteiger partial charge < -0.3 is 16.0 Å². The predicted molar refractivity (Wildman–Crippen MR) is 82.8 cm³/mol. The van der Waals surface area contributed by atoms with Gasteiger partial charge in [0.2, 0.25) is 11.8 Å². The van der Waals surface area contributed by atoms with E-state index in [1.165, 1.54) is 32.6 Å². The molecule has 120 valence electrons. The summed E-state index contributed by atoms with van der Waals surface area (Å²) in [6, 6.07) is -0.338. The van der Waals surface area contributed by atoms with Crippen LogP contribution in [-0.4, -0.2) is 37.5 Å². The Kier molecular flexibility index (Phi) is 6.49. The molecular formula is C16H29N3O2. The minimum absolute atomic E-state index is 0.000804. The maximum absolute atomic E-state index is 12.4. The van der Waals surface area contributed by atoms with Crippen LogP contribution in [0.15, 0.2) is 0 Å². The van der Waals surface area contributed by atoms with Gasteiger partial charge in [0.15, 0.2) is 0 Å². The fraction of sp³-hybridized carbons (Fsp3) is 0.875. The molecule has 0 aromatic carbocycles. The van der Waals surface area contributed by atoms with Crippen molar-refractivity contribution < 1.29 is 9.59 Å². The molecule has 1 heterocycles. The van der Waals surface area contributed by atoms with E-state index in [0.29, 0.717) is 18.4 Å². The average molecular weight is 295 g/mol. The van der Waals surface area contributed by atoms with Crippen LogP contribution in [0.4, 0.5) is 0 Å². The minimum Gasteiger partial charge on any atom is -0.354 e. The van der Waals surface area contributed by atoms with Gasteiger partial charge in [-0.2, -0.15) is 0 Å². The van der Waals surface area contributed by atoms with Crippen molar-refractivity contribution in [1.29, 1.82) is 0 Å². The second kappa shape index (κ2) is 8.37. The van der Waals surface area contributed by atoms with Gasteiger partial charge in [0, 0.05) is 13.5 Å². The first-order valence-electron chi connectivity index (χ1n) is 8.42. The third-order valence-corrected chi connectivity index (χ3v) is 4.76. The number of amides is 2. The highest BCUT2D eigenvalue weighted by atomic mass is 16.2. The lowest BCUT2D eigenvalue weighted by atomic mass is 9.95. The highest BCUT2D eigenvalue weighted by Gasteiger charge is 2.31. The monoisotopic (exact) mass is 295 g/mol. The summed E-state index contributed by atoms with van der Waals surface area (Å²) in [5, 5.41) is 9.27. The van der Waals surface area contributed by atoms with Crippen LogP contribution in [0.5, 0.6) is 0 Å². The second-order valence-electron chi connectivity index (χ2n) is 6.51. The van der Waals surface area contributed by atoms with Crippen molar-refractivity contribution in [1.82, 2.24) is 16.0 Å². The van der Waals surface area contributed by atoms with Gasteiger partial charge in [0.1, 0.15) is 6.04 Å². The van der Waals surface area contributed by atoms with Crippen LogP contribution in [0.3, 0.4) is 0 Å². The van der Waals surface area contributed by atoms with Crippen LogP contribution in [-0.2, 0) is 9.59 Å². The topological polar surface area (TPSA) is 70.2 Å². The predicted octanol–water partition coefficient (Wildman–Crippen LogP) is 1.19. The summed E-state index contributed by atoms with van der Waals surface area (Å²) >= 11 is 0. The quantitative estimate of drug-likeness (QED) is 0.689. The summed E-state index contributed by atoms with van der Waals surface area (Å²) in [5.41, 5.74) is 0. The lowest BCUT2D eigenvalue weighted by Crippen LogP contribution is -2.50. The van der Waals surface area contributed by atoms with E-state index in [-0.39, 0.29) is 17.9 Å². The number of carbonyl (C=O) groups is 2. The Labute approximate surface area is 127 Å². The van der Waals surface area contributed by atoms with E-state index in [4.69, 9.17) is 0 Å². The molecule has 1 saturated carbocycles. The summed E-state index contributed by atoms with van der Waals surface area (Å²) in [4.78, 5) is 23.7. The summed E-state index contributed by atoms with van der Waals surface area (Å²) in [6.45, 7) is 4.39. The zero-order valence-corrected chi connectivity index (χ0v) is 13.1.